The van der Waals surface area contributed by atoms with Crippen LogP contribution in [0.4, 0.5) is 0 Å². The summed E-state index contributed by atoms with van der Waals surface area (Å²) in [5.41, 5.74) is 0. The Kier molecular flexibility index (Phi) is 4.45. The van der Waals surface area contributed by atoms with Gasteiger partial charge in [-0.25, -0.2) is 0 Å². The molecule has 7 nitrogen and oxygen atoms in total. The summed E-state index contributed by atoms with van der Waals surface area (Å²) in [5, 5.41) is 10.9. The predicted molar refractivity (Wildman–Crippen MR) is 107 cm³/mol. The molecule has 0 aliphatic heterocycles. The van der Waals surface area contributed by atoms with Gasteiger partial charge in [-0.15, -0.1) is 0 Å². The van der Waals surface area contributed by atoms with Crippen molar-refractivity contribution in [1.82, 2.24) is 0 Å². The molecule has 29 heavy (non-hydrogen) atoms. The van der Waals surface area contributed by atoms with E-state index in [0.29, 0.717) is 5.39 Å². The summed E-state index contributed by atoms with van der Waals surface area (Å²) in [6.07, 6.45) is 0. The van der Waals surface area contributed by atoms with E-state index in [9.17, 15) is 26.5 Å². The molecule has 0 bridgehead atoms. The average Bonchev–Trinajstić information content (AvgIpc) is 2.67. The van der Waals surface area contributed by atoms with Gasteiger partial charge in [0.05, 0.1) is 0 Å². The monoisotopic (exact) mass is 430 g/mol. The fourth-order valence-corrected chi connectivity index (χ4v) is 5.05. The van der Waals surface area contributed by atoms with Gasteiger partial charge in [-0.1, -0.05) is 48.5 Å². The van der Waals surface area contributed by atoms with E-state index in [1.54, 1.807) is 24.3 Å². The SMILES string of the molecule is O=S(=O)(O)c1ccc(OS(=O)(=O)c2cccc3c(O)cccc23)c2ccccc12. The highest BCUT2D eigenvalue weighted by Crippen LogP contribution is 2.35. The van der Waals surface area contributed by atoms with Gasteiger partial charge in [0.15, 0.2) is 5.75 Å². The minimum absolute atomic E-state index is 0.0671. The van der Waals surface area contributed by atoms with Crippen molar-refractivity contribution < 1.29 is 30.7 Å². The van der Waals surface area contributed by atoms with E-state index in [-0.39, 0.29) is 37.4 Å². The van der Waals surface area contributed by atoms with Gasteiger partial charge in [0.2, 0.25) is 0 Å². The number of hydrogen-bond donors (Lipinski definition) is 2. The highest BCUT2D eigenvalue weighted by atomic mass is 32.2. The Morgan fingerprint density at radius 2 is 1.21 bits per heavy atom. The van der Waals surface area contributed by atoms with Gasteiger partial charge in [0, 0.05) is 21.5 Å². The fourth-order valence-electron chi connectivity index (χ4n) is 3.19. The molecule has 0 aliphatic rings. The van der Waals surface area contributed by atoms with Crippen LogP contribution in [-0.2, 0) is 20.2 Å². The van der Waals surface area contributed by atoms with E-state index in [1.807, 2.05) is 0 Å². The minimum atomic E-state index is -4.51. The van der Waals surface area contributed by atoms with Crippen molar-refractivity contribution in [1.29, 1.82) is 0 Å². The van der Waals surface area contributed by atoms with E-state index in [0.717, 1.165) is 6.07 Å². The van der Waals surface area contributed by atoms with E-state index in [1.165, 1.54) is 42.5 Å². The largest absolute Gasteiger partial charge is 0.507 e. The molecule has 0 spiro atoms. The minimum Gasteiger partial charge on any atom is -0.507 e. The molecule has 0 atom stereocenters. The standard InChI is InChI=1S/C20H14O7S2/c21-17-9-3-8-15-13(17)7-4-10-20(15)29(25,26)27-18-11-12-19(28(22,23)24)16-6-2-1-5-14(16)18/h1-12,21H,(H,22,23,24). The van der Waals surface area contributed by atoms with Crippen molar-refractivity contribution in [2.75, 3.05) is 0 Å². The lowest BCUT2D eigenvalue weighted by atomic mass is 10.1. The van der Waals surface area contributed by atoms with E-state index >= 15 is 0 Å². The topological polar surface area (TPSA) is 118 Å². The van der Waals surface area contributed by atoms with E-state index in [4.69, 9.17) is 4.18 Å². The van der Waals surface area contributed by atoms with Gasteiger partial charge in [-0.3, -0.25) is 4.55 Å². The Bertz CT molecular complexity index is 1470. The van der Waals surface area contributed by atoms with Crippen molar-refractivity contribution in [3.63, 3.8) is 0 Å². The normalized spacial score (nSPS) is 12.3. The van der Waals surface area contributed by atoms with Crippen molar-refractivity contribution in [3.05, 3.63) is 72.8 Å². The molecule has 0 aromatic heterocycles. The second kappa shape index (κ2) is 6.73. The van der Waals surface area contributed by atoms with Crippen molar-refractivity contribution >= 4 is 41.8 Å². The summed E-state index contributed by atoms with van der Waals surface area (Å²) in [6.45, 7) is 0. The highest BCUT2D eigenvalue weighted by molar-refractivity contribution is 7.87. The van der Waals surface area contributed by atoms with Gasteiger partial charge in [-0.2, -0.15) is 16.8 Å². The first-order valence-electron chi connectivity index (χ1n) is 8.33. The zero-order chi connectivity index (χ0) is 20.8. The summed E-state index contributed by atoms with van der Waals surface area (Å²) < 4.78 is 63.9. The number of phenolic OH excluding ortho intramolecular Hbond substituents is 1. The first-order chi connectivity index (χ1) is 13.7. The molecule has 0 heterocycles. The molecule has 0 fully saturated rings. The van der Waals surface area contributed by atoms with Gasteiger partial charge in [0.25, 0.3) is 10.1 Å². The molecule has 4 aromatic carbocycles. The molecule has 2 N–H and O–H groups in total. The average molecular weight is 430 g/mol. The molecule has 4 rings (SSSR count). The Morgan fingerprint density at radius 3 is 1.93 bits per heavy atom. The molecular formula is C20H14O7S2. The van der Waals surface area contributed by atoms with Crippen molar-refractivity contribution in [2.24, 2.45) is 0 Å². The quantitative estimate of drug-likeness (QED) is 0.374. The first-order valence-corrected chi connectivity index (χ1v) is 11.2. The molecule has 0 unspecified atom stereocenters. The van der Waals surface area contributed by atoms with Crippen LogP contribution in [0.15, 0.2) is 82.6 Å². The van der Waals surface area contributed by atoms with Gasteiger partial charge >= 0.3 is 10.1 Å². The van der Waals surface area contributed by atoms with Crippen LogP contribution >= 0.6 is 0 Å². The van der Waals surface area contributed by atoms with E-state index in [2.05, 4.69) is 0 Å². The summed E-state index contributed by atoms with van der Waals surface area (Å²) in [6, 6.07) is 17.3. The van der Waals surface area contributed by atoms with Crippen LogP contribution in [0.5, 0.6) is 11.5 Å². The zero-order valence-corrected chi connectivity index (χ0v) is 16.3. The van der Waals surface area contributed by atoms with Crippen LogP contribution < -0.4 is 4.18 Å². The number of benzene rings is 4. The van der Waals surface area contributed by atoms with Crippen LogP contribution in [-0.4, -0.2) is 26.5 Å². The molecule has 9 heteroatoms. The number of rotatable bonds is 4. The number of hydrogen-bond acceptors (Lipinski definition) is 6. The summed E-state index contributed by atoms with van der Waals surface area (Å²) in [4.78, 5) is -0.498. The molecule has 0 radical (unpaired) electrons. The molecule has 4 aromatic rings. The van der Waals surface area contributed by atoms with Gasteiger partial charge in [0.1, 0.15) is 15.5 Å². The van der Waals surface area contributed by atoms with Crippen molar-refractivity contribution in [3.8, 4) is 11.5 Å². The van der Waals surface area contributed by atoms with Crippen LogP contribution in [0.3, 0.4) is 0 Å². The number of aromatic hydroxyl groups is 1. The Morgan fingerprint density at radius 1 is 0.621 bits per heavy atom. The fraction of sp³-hybridized carbons (Fsp3) is 0. The third-order valence-corrected chi connectivity index (χ3v) is 6.66. The number of phenols is 1. The van der Waals surface area contributed by atoms with Crippen LogP contribution in [0.1, 0.15) is 0 Å². The lowest BCUT2D eigenvalue weighted by Crippen LogP contribution is -2.11. The molecular weight excluding hydrogens is 416 g/mol. The second-order valence-electron chi connectivity index (χ2n) is 6.25. The zero-order valence-electron chi connectivity index (χ0n) is 14.7. The smallest absolute Gasteiger partial charge is 0.339 e. The first kappa shape index (κ1) is 19.2. The third-order valence-electron chi connectivity index (χ3n) is 4.45. The maximum Gasteiger partial charge on any atom is 0.339 e. The van der Waals surface area contributed by atoms with Crippen LogP contribution in [0.25, 0.3) is 21.5 Å². The van der Waals surface area contributed by atoms with Crippen LogP contribution in [0.2, 0.25) is 0 Å². The maximum absolute atomic E-state index is 13.0. The molecule has 0 saturated heterocycles. The molecule has 0 saturated carbocycles. The highest BCUT2D eigenvalue weighted by Gasteiger charge is 2.23. The summed E-state index contributed by atoms with van der Waals surface area (Å²) >= 11 is 0. The molecule has 0 aliphatic carbocycles. The van der Waals surface area contributed by atoms with Gasteiger partial charge < -0.3 is 9.29 Å². The number of fused-ring (bicyclic) bond motifs is 2. The van der Waals surface area contributed by atoms with Crippen molar-refractivity contribution in [2.45, 2.75) is 9.79 Å². The van der Waals surface area contributed by atoms with E-state index < -0.39 is 20.2 Å². The Hall–Kier alpha value is -3.14. The summed E-state index contributed by atoms with van der Waals surface area (Å²) in [7, 11) is -8.83. The molecule has 148 valence electrons. The molecule has 0 amide bonds. The second-order valence-corrected chi connectivity index (χ2v) is 9.15. The lowest BCUT2D eigenvalue weighted by molar-refractivity contribution is 0.481. The maximum atomic E-state index is 13.0. The predicted octanol–water partition coefficient (Wildman–Crippen LogP) is 3.71. The lowest BCUT2D eigenvalue weighted by Gasteiger charge is -2.13. The van der Waals surface area contributed by atoms with Gasteiger partial charge in [-0.05, 0) is 24.3 Å². The van der Waals surface area contributed by atoms with Crippen LogP contribution in [0, 0.1) is 0 Å². The third kappa shape index (κ3) is 3.39. The Balaban J connectivity index is 1.89. The summed E-state index contributed by atoms with van der Waals surface area (Å²) in [5.74, 6) is -0.160. The Labute approximate surface area is 166 Å².